The molecule has 2 fully saturated rings. The number of ether oxygens (including phenoxy) is 3. The number of rotatable bonds is 3. The van der Waals surface area contributed by atoms with E-state index in [9.17, 15) is 30.3 Å². The second kappa shape index (κ2) is 6.89. The Kier molecular flexibility index (Phi) is 4.40. The van der Waals surface area contributed by atoms with Crippen LogP contribution in [0.15, 0.2) is 24.3 Å². The van der Waals surface area contributed by atoms with Crippen molar-refractivity contribution in [2.75, 3.05) is 6.54 Å². The number of aliphatic hydroxyl groups excluding tert-OH is 3. The van der Waals surface area contributed by atoms with Crippen LogP contribution in [0.3, 0.4) is 0 Å². The Morgan fingerprint density at radius 1 is 1.16 bits per heavy atom. The van der Waals surface area contributed by atoms with Crippen LogP contribution in [-0.4, -0.2) is 87.0 Å². The van der Waals surface area contributed by atoms with E-state index < -0.39 is 54.3 Å². The second-order valence-electron chi connectivity index (χ2n) is 9.29. The SMILES string of the molecule is O=C(O)[C@H]1O[C@@H](O[C@@H]2C=C[C@H]3[C@H]4Cc5ccc(O)c6c5[C@@]3(CCN4)[C@H]2O6)[C@H](O)[C@@H](O)[C@@H]1O. The number of piperidine rings is 1. The van der Waals surface area contributed by atoms with Gasteiger partial charge in [-0.25, -0.2) is 4.79 Å². The Labute approximate surface area is 183 Å². The van der Waals surface area contributed by atoms with Crippen molar-refractivity contribution in [3.8, 4) is 11.5 Å². The highest BCUT2D eigenvalue weighted by molar-refractivity contribution is 5.73. The lowest BCUT2D eigenvalue weighted by Gasteiger charge is -2.54. The van der Waals surface area contributed by atoms with E-state index in [0.29, 0.717) is 5.75 Å². The third-order valence-corrected chi connectivity index (χ3v) is 7.77. The van der Waals surface area contributed by atoms with Gasteiger partial charge < -0.3 is 45.1 Å². The summed E-state index contributed by atoms with van der Waals surface area (Å²) < 4.78 is 17.6. The number of nitrogens with one attached hydrogen (secondary N) is 1. The van der Waals surface area contributed by atoms with Crippen LogP contribution >= 0.6 is 0 Å². The molecule has 1 aromatic rings. The molecule has 10 nitrogen and oxygen atoms in total. The summed E-state index contributed by atoms with van der Waals surface area (Å²) in [6.45, 7) is 0.769. The van der Waals surface area contributed by atoms with Gasteiger partial charge in [-0.1, -0.05) is 18.2 Å². The predicted molar refractivity (Wildman–Crippen MR) is 106 cm³/mol. The molecule has 0 saturated carbocycles. The van der Waals surface area contributed by atoms with E-state index in [1.54, 1.807) is 6.07 Å². The number of phenolic OH excluding ortho intramolecular Hbond substituents is 1. The van der Waals surface area contributed by atoms with Gasteiger partial charge in [0.25, 0.3) is 0 Å². The number of carboxylic acids is 1. The van der Waals surface area contributed by atoms with Crippen molar-refractivity contribution in [3.63, 3.8) is 0 Å². The second-order valence-corrected chi connectivity index (χ2v) is 9.29. The van der Waals surface area contributed by atoms with E-state index in [1.807, 2.05) is 12.1 Å². The monoisotopic (exact) mass is 447 g/mol. The molecule has 5 aliphatic rings. The third kappa shape index (κ3) is 2.53. The molecule has 0 unspecified atom stereocenters. The lowest BCUT2D eigenvalue weighted by atomic mass is 9.53. The fraction of sp³-hybridized carbons (Fsp3) is 0.591. The Morgan fingerprint density at radius 2 is 1.97 bits per heavy atom. The maximum absolute atomic E-state index is 11.4. The molecule has 0 amide bonds. The summed E-state index contributed by atoms with van der Waals surface area (Å²) in [6, 6.07) is 3.76. The average Bonchev–Trinajstić information content (AvgIpc) is 3.11. The largest absolute Gasteiger partial charge is 0.504 e. The summed E-state index contributed by atoms with van der Waals surface area (Å²) in [5, 5.41) is 53.9. The molecule has 2 saturated heterocycles. The van der Waals surface area contributed by atoms with Gasteiger partial charge in [0, 0.05) is 22.9 Å². The van der Waals surface area contributed by atoms with Crippen molar-refractivity contribution in [2.45, 2.75) is 67.2 Å². The maximum Gasteiger partial charge on any atom is 0.335 e. The van der Waals surface area contributed by atoms with E-state index in [-0.39, 0.29) is 17.7 Å². The summed E-state index contributed by atoms with van der Waals surface area (Å²) in [5.74, 6) is -0.852. The predicted octanol–water partition coefficient (Wildman–Crippen LogP) is -1.23. The van der Waals surface area contributed by atoms with Crippen LogP contribution in [-0.2, 0) is 26.1 Å². The number of aliphatic hydroxyl groups is 3. The topological polar surface area (TPSA) is 158 Å². The third-order valence-electron chi connectivity index (χ3n) is 7.77. The number of aromatic hydroxyl groups is 1. The van der Waals surface area contributed by atoms with Crippen LogP contribution in [0.1, 0.15) is 17.5 Å². The fourth-order valence-electron chi connectivity index (χ4n) is 6.40. The normalized spacial score (nSPS) is 45.8. The molecule has 2 bridgehead atoms. The minimum atomic E-state index is -1.79. The van der Waals surface area contributed by atoms with Crippen LogP contribution in [0.4, 0.5) is 0 Å². The van der Waals surface area contributed by atoms with E-state index in [0.717, 1.165) is 30.5 Å². The summed E-state index contributed by atoms with van der Waals surface area (Å²) in [4.78, 5) is 11.4. The average molecular weight is 447 g/mol. The molecule has 172 valence electrons. The molecule has 6 rings (SSSR count). The van der Waals surface area contributed by atoms with Crippen molar-refractivity contribution in [3.05, 3.63) is 35.4 Å². The van der Waals surface area contributed by atoms with E-state index in [1.165, 1.54) is 0 Å². The van der Waals surface area contributed by atoms with E-state index in [2.05, 4.69) is 11.4 Å². The standard InChI is InChI=1S/C22H25NO9/c24-11-3-1-8-7-10-9-2-4-12(19-22(9,5-6-23-10)13(8)17(11)31-19)30-21-16(27)14(25)15(26)18(32-21)20(28)29/h1-4,9-10,12,14-16,18-19,21,23-27H,5-7H2,(H,28,29)/t9-,10+,12+,14-,15-,16+,18-,19-,21+,22-/m0/s1. The molecule has 0 aromatic heterocycles. The number of aliphatic carboxylic acids is 1. The first-order valence-corrected chi connectivity index (χ1v) is 10.8. The zero-order chi connectivity index (χ0) is 22.4. The smallest absolute Gasteiger partial charge is 0.335 e. The number of carbonyl (C=O) groups is 1. The first kappa shape index (κ1) is 20.4. The Hall–Kier alpha value is -2.21. The van der Waals surface area contributed by atoms with Crippen LogP contribution in [0.5, 0.6) is 11.5 Å². The lowest BCUT2D eigenvalue weighted by Crippen LogP contribution is -2.66. The molecular weight excluding hydrogens is 422 g/mol. The molecule has 10 atom stereocenters. The molecule has 3 heterocycles. The Balaban J connectivity index is 1.37. The van der Waals surface area contributed by atoms with Crippen molar-refractivity contribution in [2.24, 2.45) is 5.92 Å². The van der Waals surface area contributed by atoms with Gasteiger partial charge in [0.15, 0.2) is 23.9 Å². The molecular formula is C22H25NO9. The quantitative estimate of drug-likeness (QED) is 0.310. The van der Waals surface area contributed by atoms with Gasteiger partial charge >= 0.3 is 5.97 Å². The van der Waals surface area contributed by atoms with E-state index >= 15 is 0 Å². The summed E-state index contributed by atoms with van der Waals surface area (Å²) >= 11 is 0. The van der Waals surface area contributed by atoms with Crippen LogP contribution in [0, 0.1) is 5.92 Å². The van der Waals surface area contributed by atoms with Crippen LogP contribution < -0.4 is 10.1 Å². The van der Waals surface area contributed by atoms with Gasteiger partial charge in [0.2, 0.25) is 0 Å². The highest BCUT2D eigenvalue weighted by Crippen LogP contribution is 2.61. The molecule has 32 heavy (non-hydrogen) atoms. The highest BCUT2D eigenvalue weighted by atomic mass is 16.7. The molecule has 3 aliphatic heterocycles. The number of hydrogen-bond acceptors (Lipinski definition) is 9. The summed E-state index contributed by atoms with van der Waals surface area (Å²) in [5.41, 5.74) is 1.66. The minimum absolute atomic E-state index is 0.0560. The maximum atomic E-state index is 11.4. The minimum Gasteiger partial charge on any atom is -0.504 e. The van der Waals surface area contributed by atoms with Gasteiger partial charge in [0.05, 0.1) is 0 Å². The number of phenols is 1. The lowest BCUT2D eigenvalue weighted by molar-refractivity contribution is -0.307. The first-order chi connectivity index (χ1) is 15.3. The van der Waals surface area contributed by atoms with Gasteiger partial charge in [-0.05, 0) is 31.0 Å². The van der Waals surface area contributed by atoms with Crippen molar-refractivity contribution in [1.82, 2.24) is 5.32 Å². The van der Waals surface area contributed by atoms with Crippen molar-refractivity contribution in [1.29, 1.82) is 0 Å². The molecule has 6 N–H and O–H groups in total. The zero-order valence-electron chi connectivity index (χ0n) is 17.0. The zero-order valence-corrected chi connectivity index (χ0v) is 17.0. The van der Waals surface area contributed by atoms with Gasteiger partial charge in [-0.15, -0.1) is 0 Å². The molecule has 2 aliphatic carbocycles. The Morgan fingerprint density at radius 3 is 2.75 bits per heavy atom. The number of carboxylic acid groups (broad SMARTS) is 1. The van der Waals surface area contributed by atoms with Crippen LogP contribution in [0.2, 0.25) is 0 Å². The summed E-state index contributed by atoms with van der Waals surface area (Å²) in [6.07, 6.45) is -4.26. The molecule has 0 radical (unpaired) electrons. The van der Waals surface area contributed by atoms with Gasteiger partial charge in [-0.3, -0.25) is 0 Å². The van der Waals surface area contributed by atoms with Crippen LogP contribution in [0.25, 0.3) is 0 Å². The Bertz CT molecular complexity index is 998. The van der Waals surface area contributed by atoms with E-state index in [4.69, 9.17) is 14.2 Å². The first-order valence-electron chi connectivity index (χ1n) is 10.8. The molecule has 1 aromatic carbocycles. The number of hydrogen-bond donors (Lipinski definition) is 6. The number of benzene rings is 1. The van der Waals surface area contributed by atoms with Crippen molar-refractivity contribution >= 4 is 5.97 Å². The fourth-order valence-corrected chi connectivity index (χ4v) is 6.40. The van der Waals surface area contributed by atoms with Gasteiger partial charge in [-0.2, -0.15) is 0 Å². The highest BCUT2D eigenvalue weighted by Gasteiger charge is 2.64. The summed E-state index contributed by atoms with van der Waals surface area (Å²) in [7, 11) is 0. The van der Waals surface area contributed by atoms with Gasteiger partial charge in [0.1, 0.15) is 30.5 Å². The molecule has 10 heteroatoms. The van der Waals surface area contributed by atoms with Crippen molar-refractivity contribution < 1.29 is 44.5 Å². The molecule has 1 spiro atoms.